The van der Waals surface area contributed by atoms with Crippen LogP contribution >= 0.6 is 0 Å². The van der Waals surface area contributed by atoms with Gasteiger partial charge in [-0.3, -0.25) is 4.90 Å². The fourth-order valence-electron chi connectivity index (χ4n) is 3.91. The van der Waals surface area contributed by atoms with E-state index in [1.165, 1.54) is 5.69 Å². The van der Waals surface area contributed by atoms with Crippen molar-refractivity contribution in [1.82, 2.24) is 14.5 Å². The fourth-order valence-corrected chi connectivity index (χ4v) is 3.91. The van der Waals surface area contributed by atoms with Crippen molar-refractivity contribution in [2.24, 2.45) is 7.05 Å². The lowest BCUT2D eigenvalue weighted by Gasteiger charge is -2.36. The molecule has 6 nitrogen and oxygen atoms in total. The lowest BCUT2D eigenvalue weighted by molar-refractivity contribution is 0.239. The Balaban J connectivity index is 1.29. The molecule has 1 N–H and O–H groups in total. The van der Waals surface area contributed by atoms with Gasteiger partial charge in [0.1, 0.15) is 5.75 Å². The highest BCUT2D eigenvalue weighted by Gasteiger charge is 2.20. The third-order valence-electron chi connectivity index (χ3n) is 5.44. The molecule has 3 aromatic rings. The van der Waals surface area contributed by atoms with E-state index in [1.54, 1.807) is 0 Å². The van der Waals surface area contributed by atoms with E-state index in [0.717, 1.165) is 62.0 Å². The zero-order chi connectivity index (χ0) is 20.2. The maximum absolute atomic E-state index is 6.00. The number of anilines is 2. The number of fused-ring (bicyclic) bond motifs is 1. The quantitative estimate of drug-likeness (QED) is 0.665. The predicted octanol–water partition coefficient (Wildman–Crippen LogP) is 3.59. The fraction of sp³-hybridized carbons (Fsp3) is 0.435. The number of nitrogens with zero attached hydrogens (tertiary/aromatic N) is 4. The van der Waals surface area contributed by atoms with Crippen molar-refractivity contribution in [3.05, 3.63) is 48.5 Å². The molecule has 4 rings (SSSR count). The molecule has 0 atom stereocenters. The minimum atomic E-state index is 0.186. The lowest BCUT2D eigenvalue weighted by Crippen LogP contribution is -2.47. The molecule has 0 aliphatic carbocycles. The van der Waals surface area contributed by atoms with Crippen LogP contribution in [0, 0.1) is 0 Å². The number of aromatic nitrogens is 2. The molecule has 0 saturated carbocycles. The van der Waals surface area contributed by atoms with Gasteiger partial charge in [-0.2, -0.15) is 0 Å². The third-order valence-corrected chi connectivity index (χ3v) is 5.44. The molecule has 29 heavy (non-hydrogen) atoms. The molecule has 1 fully saturated rings. The van der Waals surface area contributed by atoms with Gasteiger partial charge in [-0.1, -0.05) is 24.3 Å². The first-order valence-corrected chi connectivity index (χ1v) is 10.5. The number of benzene rings is 2. The van der Waals surface area contributed by atoms with Crippen LogP contribution in [0.2, 0.25) is 0 Å². The maximum Gasteiger partial charge on any atom is 0.203 e. The van der Waals surface area contributed by atoms with Gasteiger partial charge < -0.3 is 19.5 Å². The average molecular weight is 394 g/mol. The number of piperazine rings is 1. The van der Waals surface area contributed by atoms with Crippen molar-refractivity contribution in [2.45, 2.75) is 20.0 Å². The summed E-state index contributed by atoms with van der Waals surface area (Å²) < 4.78 is 8.12. The minimum absolute atomic E-state index is 0.186. The van der Waals surface area contributed by atoms with Gasteiger partial charge in [0.05, 0.1) is 22.8 Å². The standard InChI is InChI=1S/C23H31N5O/c1-18(2)29-22-11-7-6-10-21(22)28-16-14-27(15-17-28)13-12-24-23-25-19-8-4-5-9-20(19)26(23)3/h4-11,18H,12-17H2,1-3H3,(H,24,25). The van der Waals surface area contributed by atoms with Gasteiger partial charge in [-0.15, -0.1) is 0 Å². The molecule has 0 spiro atoms. The molecule has 0 amide bonds. The maximum atomic E-state index is 6.00. The number of para-hydroxylation sites is 4. The number of hydrogen-bond donors (Lipinski definition) is 1. The van der Waals surface area contributed by atoms with Crippen LogP contribution in [0.4, 0.5) is 11.6 Å². The summed E-state index contributed by atoms with van der Waals surface area (Å²) in [5, 5.41) is 3.50. The molecule has 0 unspecified atom stereocenters. The number of nitrogens with one attached hydrogen (secondary N) is 1. The Morgan fingerprint density at radius 2 is 1.72 bits per heavy atom. The summed E-state index contributed by atoms with van der Waals surface area (Å²) in [6.45, 7) is 10.2. The number of aryl methyl sites for hydroxylation is 1. The summed E-state index contributed by atoms with van der Waals surface area (Å²) in [4.78, 5) is 9.64. The molecule has 2 aromatic carbocycles. The molecule has 0 radical (unpaired) electrons. The molecule has 154 valence electrons. The Bertz CT molecular complexity index is 943. The van der Waals surface area contributed by atoms with Gasteiger partial charge in [0, 0.05) is 46.3 Å². The Morgan fingerprint density at radius 1 is 1.00 bits per heavy atom. The second-order valence-electron chi connectivity index (χ2n) is 7.87. The molecule has 6 heteroatoms. The minimum Gasteiger partial charge on any atom is -0.489 e. The number of imidazole rings is 1. The Hall–Kier alpha value is -2.73. The van der Waals surface area contributed by atoms with Gasteiger partial charge in [-0.05, 0) is 38.1 Å². The molecular weight excluding hydrogens is 362 g/mol. The summed E-state index contributed by atoms with van der Waals surface area (Å²) in [6, 6.07) is 16.6. The van der Waals surface area contributed by atoms with Crippen LogP contribution in [0.5, 0.6) is 5.75 Å². The summed E-state index contributed by atoms with van der Waals surface area (Å²) in [7, 11) is 2.06. The topological polar surface area (TPSA) is 45.6 Å². The van der Waals surface area contributed by atoms with E-state index in [-0.39, 0.29) is 6.10 Å². The Labute approximate surface area is 173 Å². The number of hydrogen-bond acceptors (Lipinski definition) is 5. The van der Waals surface area contributed by atoms with E-state index < -0.39 is 0 Å². The van der Waals surface area contributed by atoms with E-state index in [4.69, 9.17) is 9.72 Å². The van der Waals surface area contributed by atoms with E-state index >= 15 is 0 Å². The highest BCUT2D eigenvalue weighted by molar-refractivity contribution is 5.78. The highest BCUT2D eigenvalue weighted by Crippen LogP contribution is 2.29. The molecule has 1 aromatic heterocycles. The monoisotopic (exact) mass is 393 g/mol. The Kier molecular flexibility index (Phi) is 5.90. The highest BCUT2D eigenvalue weighted by atomic mass is 16.5. The van der Waals surface area contributed by atoms with Crippen molar-refractivity contribution < 1.29 is 4.74 Å². The summed E-state index contributed by atoms with van der Waals surface area (Å²) in [5.74, 6) is 1.92. The van der Waals surface area contributed by atoms with E-state index in [1.807, 2.05) is 12.1 Å². The third kappa shape index (κ3) is 4.48. The summed E-state index contributed by atoms with van der Waals surface area (Å²) in [6.07, 6.45) is 0.186. The van der Waals surface area contributed by atoms with Crippen molar-refractivity contribution in [2.75, 3.05) is 49.5 Å². The van der Waals surface area contributed by atoms with Crippen LogP contribution in [-0.4, -0.2) is 59.8 Å². The van der Waals surface area contributed by atoms with Crippen LogP contribution in [0.25, 0.3) is 11.0 Å². The van der Waals surface area contributed by atoms with Crippen molar-refractivity contribution in [3.8, 4) is 5.75 Å². The second-order valence-corrected chi connectivity index (χ2v) is 7.87. The first-order chi connectivity index (χ1) is 14.1. The normalized spacial score (nSPS) is 15.2. The van der Waals surface area contributed by atoms with Gasteiger partial charge >= 0.3 is 0 Å². The number of ether oxygens (including phenoxy) is 1. The molecule has 1 saturated heterocycles. The van der Waals surface area contributed by atoms with Gasteiger partial charge in [-0.25, -0.2) is 4.98 Å². The average Bonchev–Trinajstić information content (AvgIpc) is 3.05. The first kappa shape index (κ1) is 19.6. The van der Waals surface area contributed by atoms with Crippen molar-refractivity contribution >= 4 is 22.7 Å². The molecule has 2 heterocycles. The molecule has 0 bridgehead atoms. The smallest absolute Gasteiger partial charge is 0.203 e. The van der Waals surface area contributed by atoms with Crippen LogP contribution in [-0.2, 0) is 7.05 Å². The summed E-state index contributed by atoms with van der Waals surface area (Å²) >= 11 is 0. The van der Waals surface area contributed by atoms with E-state index in [2.05, 4.69) is 77.0 Å². The largest absolute Gasteiger partial charge is 0.489 e. The lowest BCUT2D eigenvalue weighted by atomic mass is 10.2. The molecular formula is C23H31N5O. The van der Waals surface area contributed by atoms with Gasteiger partial charge in [0.25, 0.3) is 0 Å². The van der Waals surface area contributed by atoms with Crippen LogP contribution in [0.1, 0.15) is 13.8 Å². The van der Waals surface area contributed by atoms with Crippen molar-refractivity contribution in [1.29, 1.82) is 0 Å². The summed E-state index contributed by atoms with van der Waals surface area (Å²) in [5.41, 5.74) is 3.40. The van der Waals surface area contributed by atoms with Crippen LogP contribution in [0.3, 0.4) is 0 Å². The first-order valence-electron chi connectivity index (χ1n) is 10.5. The zero-order valence-corrected chi connectivity index (χ0v) is 17.6. The van der Waals surface area contributed by atoms with E-state index in [0.29, 0.717) is 0 Å². The van der Waals surface area contributed by atoms with Crippen LogP contribution in [0.15, 0.2) is 48.5 Å². The van der Waals surface area contributed by atoms with Crippen LogP contribution < -0.4 is 15.0 Å². The van der Waals surface area contributed by atoms with Gasteiger partial charge in [0.2, 0.25) is 5.95 Å². The molecule has 1 aliphatic heterocycles. The predicted molar refractivity (Wildman–Crippen MR) is 120 cm³/mol. The van der Waals surface area contributed by atoms with Gasteiger partial charge in [0.15, 0.2) is 0 Å². The SMILES string of the molecule is CC(C)Oc1ccccc1N1CCN(CCNc2nc3ccccc3n2C)CC1. The zero-order valence-electron chi connectivity index (χ0n) is 17.6. The Morgan fingerprint density at radius 3 is 2.48 bits per heavy atom. The number of rotatable bonds is 7. The van der Waals surface area contributed by atoms with E-state index in [9.17, 15) is 0 Å². The molecule has 1 aliphatic rings. The second kappa shape index (κ2) is 8.74. The van der Waals surface area contributed by atoms with Crippen molar-refractivity contribution in [3.63, 3.8) is 0 Å².